The van der Waals surface area contributed by atoms with Crippen molar-refractivity contribution in [3.05, 3.63) is 28.8 Å². The average molecular weight is 325 g/mol. The van der Waals surface area contributed by atoms with Crippen LogP contribution in [0.2, 0.25) is 5.02 Å². The van der Waals surface area contributed by atoms with E-state index in [1.165, 1.54) is 0 Å². The summed E-state index contributed by atoms with van der Waals surface area (Å²) >= 11 is 6.36. The van der Waals surface area contributed by atoms with Gasteiger partial charge in [-0.1, -0.05) is 17.7 Å². The number of ether oxygens (including phenoxy) is 2. The highest BCUT2D eigenvalue weighted by Crippen LogP contribution is 2.24. The Bertz CT molecular complexity index is 526. The van der Waals surface area contributed by atoms with Gasteiger partial charge in [-0.05, 0) is 24.1 Å². The number of anilines is 1. The number of nitrogens with one attached hydrogen (secondary N) is 1. The summed E-state index contributed by atoms with van der Waals surface area (Å²) in [6.07, 6.45) is 0.786. The molecule has 1 aromatic carbocycles. The van der Waals surface area contributed by atoms with E-state index in [4.69, 9.17) is 21.1 Å². The third kappa shape index (κ3) is 3.98. The minimum atomic E-state index is -0.0493. The van der Waals surface area contributed by atoms with Crippen LogP contribution in [-0.4, -0.2) is 50.3 Å². The Morgan fingerprint density at radius 2 is 2.09 bits per heavy atom. The second-order valence-corrected chi connectivity index (χ2v) is 6.15. The van der Waals surface area contributed by atoms with Crippen LogP contribution in [0, 0.1) is 5.92 Å². The molecule has 0 saturated carbocycles. The molecule has 0 bridgehead atoms. The first-order chi connectivity index (χ1) is 10.7. The van der Waals surface area contributed by atoms with Crippen molar-refractivity contribution in [1.82, 2.24) is 4.90 Å². The fraction of sp³-hybridized carbons (Fsp3) is 0.562. The third-order valence-electron chi connectivity index (χ3n) is 4.12. The molecular formula is C16H21ClN2O3. The van der Waals surface area contributed by atoms with Gasteiger partial charge in [-0.2, -0.15) is 0 Å². The molecule has 3 rings (SSSR count). The van der Waals surface area contributed by atoms with Gasteiger partial charge in [0.15, 0.2) is 0 Å². The van der Waals surface area contributed by atoms with Gasteiger partial charge in [-0.3, -0.25) is 9.69 Å². The molecule has 1 unspecified atom stereocenters. The fourth-order valence-corrected chi connectivity index (χ4v) is 2.98. The highest BCUT2D eigenvalue weighted by Gasteiger charge is 2.23. The highest BCUT2D eigenvalue weighted by molar-refractivity contribution is 6.31. The Morgan fingerprint density at radius 3 is 2.77 bits per heavy atom. The van der Waals surface area contributed by atoms with E-state index in [1.54, 1.807) is 0 Å². The number of hydrogen-bond donors (Lipinski definition) is 1. The molecule has 22 heavy (non-hydrogen) atoms. The summed E-state index contributed by atoms with van der Waals surface area (Å²) in [6.45, 7) is 5.39. The lowest BCUT2D eigenvalue weighted by molar-refractivity contribution is -0.119. The lowest BCUT2D eigenvalue weighted by Crippen LogP contribution is -2.35. The Labute approximate surface area is 135 Å². The van der Waals surface area contributed by atoms with Gasteiger partial charge in [0.2, 0.25) is 5.91 Å². The molecule has 0 spiro atoms. The van der Waals surface area contributed by atoms with E-state index in [0.29, 0.717) is 18.2 Å². The van der Waals surface area contributed by atoms with Crippen molar-refractivity contribution in [3.63, 3.8) is 0 Å². The van der Waals surface area contributed by atoms with E-state index in [9.17, 15) is 4.79 Å². The topological polar surface area (TPSA) is 50.8 Å². The van der Waals surface area contributed by atoms with Crippen LogP contribution in [0.25, 0.3) is 0 Å². The summed E-state index contributed by atoms with van der Waals surface area (Å²) in [5.41, 5.74) is 1.82. The van der Waals surface area contributed by atoms with E-state index in [1.807, 2.05) is 18.2 Å². The number of halogens is 1. The molecule has 2 aliphatic heterocycles. The monoisotopic (exact) mass is 324 g/mol. The molecule has 1 aromatic rings. The van der Waals surface area contributed by atoms with Crippen molar-refractivity contribution in [3.8, 4) is 0 Å². The molecule has 0 aromatic heterocycles. The molecule has 1 atom stereocenters. The number of carbonyl (C=O) groups excluding carboxylic acids is 1. The summed E-state index contributed by atoms with van der Waals surface area (Å²) < 4.78 is 10.6. The molecule has 2 aliphatic rings. The smallest absolute Gasteiger partial charge is 0.229 e. The van der Waals surface area contributed by atoms with Crippen molar-refractivity contribution >= 4 is 23.2 Å². The van der Waals surface area contributed by atoms with Crippen LogP contribution in [-0.2, 0) is 20.8 Å². The molecule has 2 fully saturated rings. The van der Waals surface area contributed by atoms with E-state index >= 15 is 0 Å². The van der Waals surface area contributed by atoms with E-state index in [2.05, 4.69) is 10.2 Å². The van der Waals surface area contributed by atoms with Gasteiger partial charge in [0.05, 0.1) is 25.7 Å². The zero-order valence-corrected chi connectivity index (χ0v) is 13.3. The summed E-state index contributed by atoms with van der Waals surface area (Å²) in [5.74, 6) is -0.0405. The average Bonchev–Trinajstić information content (AvgIpc) is 3.05. The van der Waals surface area contributed by atoms with Crippen molar-refractivity contribution in [2.24, 2.45) is 5.92 Å². The first-order valence-corrected chi connectivity index (χ1v) is 8.07. The number of benzene rings is 1. The molecule has 5 nitrogen and oxygen atoms in total. The predicted molar refractivity (Wildman–Crippen MR) is 85.1 cm³/mol. The molecule has 6 heteroatoms. The minimum Gasteiger partial charge on any atom is -0.381 e. The van der Waals surface area contributed by atoms with Gasteiger partial charge in [0.1, 0.15) is 0 Å². The quantitative estimate of drug-likeness (QED) is 0.922. The van der Waals surface area contributed by atoms with E-state index in [0.717, 1.165) is 50.5 Å². The Morgan fingerprint density at radius 1 is 1.27 bits per heavy atom. The van der Waals surface area contributed by atoms with E-state index < -0.39 is 0 Å². The van der Waals surface area contributed by atoms with Crippen molar-refractivity contribution in [2.75, 3.05) is 44.8 Å². The summed E-state index contributed by atoms with van der Waals surface area (Å²) in [7, 11) is 0. The lowest BCUT2D eigenvalue weighted by Gasteiger charge is -2.27. The van der Waals surface area contributed by atoms with Gasteiger partial charge in [0, 0.05) is 37.0 Å². The number of carbonyl (C=O) groups is 1. The summed E-state index contributed by atoms with van der Waals surface area (Å²) in [5, 5.41) is 3.61. The second kappa shape index (κ2) is 7.42. The number of morpholine rings is 1. The lowest BCUT2D eigenvalue weighted by atomic mass is 10.1. The van der Waals surface area contributed by atoms with Gasteiger partial charge >= 0.3 is 0 Å². The standard InChI is InChI=1S/C16H21ClN2O3/c17-15-9-14(18-16(20)13-3-6-22-11-13)2-1-12(15)10-19-4-7-21-8-5-19/h1-2,9,13H,3-8,10-11H2,(H,18,20). The van der Waals surface area contributed by atoms with Crippen LogP contribution in [0.5, 0.6) is 0 Å². The molecule has 1 amide bonds. The highest BCUT2D eigenvalue weighted by atomic mass is 35.5. The van der Waals surface area contributed by atoms with Crippen LogP contribution in [0.4, 0.5) is 5.69 Å². The van der Waals surface area contributed by atoms with Crippen LogP contribution < -0.4 is 5.32 Å². The number of hydrogen-bond acceptors (Lipinski definition) is 4. The maximum absolute atomic E-state index is 12.1. The Balaban J connectivity index is 1.60. The summed E-state index contributed by atoms with van der Waals surface area (Å²) in [6, 6.07) is 5.72. The van der Waals surface area contributed by atoms with Gasteiger partial charge in [0.25, 0.3) is 0 Å². The number of rotatable bonds is 4. The second-order valence-electron chi connectivity index (χ2n) is 5.74. The Kier molecular flexibility index (Phi) is 5.31. The minimum absolute atomic E-state index is 0.00879. The van der Waals surface area contributed by atoms with Crippen LogP contribution in [0.3, 0.4) is 0 Å². The molecule has 120 valence electrons. The summed E-state index contributed by atoms with van der Waals surface area (Å²) in [4.78, 5) is 14.4. The Hall–Kier alpha value is -1.14. The van der Waals surface area contributed by atoms with Crippen LogP contribution in [0.1, 0.15) is 12.0 Å². The van der Waals surface area contributed by atoms with Crippen molar-refractivity contribution in [2.45, 2.75) is 13.0 Å². The van der Waals surface area contributed by atoms with Crippen LogP contribution >= 0.6 is 11.6 Å². The largest absolute Gasteiger partial charge is 0.381 e. The maximum Gasteiger partial charge on any atom is 0.229 e. The predicted octanol–water partition coefficient (Wildman–Crippen LogP) is 2.15. The fourth-order valence-electron chi connectivity index (χ4n) is 2.74. The normalized spacial score (nSPS) is 22.7. The maximum atomic E-state index is 12.1. The van der Waals surface area contributed by atoms with Crippen molar-refractivity contribution in [1.29, 1.82) is 0 Å². The van der Waals surface area contributed by atoms with Crippen molar-refractivity contribution < 1.29 is 14.3 Å². The third-order valence-corrected chi connectivity index (χ3v) is 4.47. The number of nitrogens with zero attached hydrogens (tertiary/aromatic N) is 1. The van der Waals surface area contributed by atoms with Crippen LogP contribution in [0.15, 0.2) is 18.2 Å². The van der Waals surface area contributed by atoms with E-state index in [-0.39, 0.29) is 11.8 Å². The van der Waals surface area contributed by atoms with Gasteiger partial charge in [-0.25, -0.2) is 0 Å². The first kappa shape index (κ1) is 15.7. The zero-order chi connectivity index (χ0) is 15.4. The molecule has 0 aliphatic carbocycles. The number of amides is 1. The molecular weight excluding hydrogens is 304 g/mol. The molecule has 0 radical (unpaired) electrons. The SMILES string of the molecule is O=C(Nc1ccc(CN2CCOCC2)c(Cl)c1)C1CCOC1. The van der Waals surface area contributed by atoms with Gasteiger partial charge in [-0.15, -0.1) is 0 Å². The zero-order valence-electron chi connectivity index (χ0n) is 12.5. The van der Waals surface area contributed by atoms with Gasteiger partial charge < -0.3 is 14.8 Å². The molecule has 2 saturated heterocycles. The first-order valence-electron chi connectivity index (χ1n) is 7.69. The molecule has 1 N–H and O–H groups in total. The molecule has 2 heterocycles.